The van der Waals surface area contributed by atoms with Crippen LogP contribution in [0.1, 0.15) is 37.7 Å². The lowest BCUT2D eigenvalue weighted by Gasteiger charge is -2.27. The summed E-state index contributed by atoms with van der Waals surface area (Å²) in [7, 11) is 0. The molecule has 1 saturated carbocycles. The molecule has 2 atom stereocenters. The minimum atomic E-state index is -0.261. The normalized spacial score (nSPS) is 21.8. The Kier molecular flexibility index (Phi) is 6.05. The summed E-state index contributed by atoms with van der Waals surface area (Å²) < 4.78 is 5.53. The van der Waals surface area contributed by atoms with Crippen molar-refractivity contribution < 1.29 is 14.6 Å². The lowest BCUT2D eigenvalue weighted by molar-refractivity contribution is -0.122. The molecule has 0 heterocycles. The quantitative estimate of drug-likeness (QED) is 0.846. The summed E-state index contributed by atoms with van der Waals surface area (Å²) in [6.07, 6.45) is 4.18. The van der Waals surface area contributed by atoms with Gasteiger partial charge in [-0.1, -0.05) is 30.5 Å². The lowest BCUT2D eigenvalue weighted by atomic mass is 9.86. The van der Waals surface area contributed by atoms with Gasteiger partial charge in [0.1, 0.15) is 5.75 Å². The maximum atomic E-state index is 11.8. The standard InChI is InChI=1S/C17H25NO3/c1-13-6-8-15(9-7-13)21-11-10-17(20)18-12-14-4-2-3-5-16(14)19/h6-9,14,16,19H,2-5,10-12H2,1H3,(H,18,20). The topological polar surface area (TPSA) is 58.6 Å². The Morgan fingerprint density at radius 2 is 2.00 bits per heavy atom. The van der Waals surface area contributed by atoms with Crippen LogP contribution in [-0.4, -0.2) is 30.3 Å². The molecule has 2 N–H and O–H groups in total. The smallest absolute Gasteiger partial charge is 0.223 e. The van der Waals surface area contributed by atoms with Crippen molar-refractivity contribution in [3.8, 4) is 5.75 Å². The van der Waals surface area contributed by atoms with Crippen molar-refractivity contribution >= 4 is 5.91 Å². The van der Waals surface area contributed by atoms with Crippen molar-refractivity contribution in [3.05, 3.63) is 29.8 Å². The van der Waals surface area contributed by atoms with E-state index >= 15 is 0 Å². The molecule has 1 aliphatic rings. The van der Waals surface area contributed by atoms with Crippen LogP contribution in [0.3, 0.4) is 0 Å². The van der Waals surface area contributed by atoms with Crippen molar-refractivity contribution in [1.82, 2.24) is 5.32 Å². The monoisotopic (exact) mass is 291 g/mol. The van der Waals surface area contributed by atoms with Gasteiger partial charge in [-0.25, -0.2) is 0 Å². The second-order valence-corrected chi connectivity index (χ2v) is 5.83. The zero-order valence-electron chi connectivity index (χ0n) is 12.7. The van der Waals surface area contributed by atoms with Crippen LogP contribution in [0.5, 0.6) is 5.75 Å². The Morgan fingerprint density at radius 3 is 2.71 bits per heavy atom. The number of aliphatic hydroxyl groups is 1. The van der Waals surface area contributed by atoms with Crippen molar-refractivity contribution in [2.24, 2.45) is 5.92 Å². The SMILES string of the molecule is Cc1ccc(OCCC(=O)NCC2CCCCC2O)cc1. The first-order chi connectivity index (χ1) is 10.1. The largest absolute Gasteiger partial charge is 0.493 e. The third kappa shape index (κ3) is 5.38. The van der Waals surface area contributed by atoms with Crippen molar-refractivity contribution in [3.63, 3.8) is 0 Å². The van der Waals surface area contributed by atoms with E-state index in [0.717, 1.165) is 31.4 Å². The molecular formula is C17H25NO3. The van der Waals surface area contributed by atoms with E-state index in [1.54, 1.807) is 0 Å². The van der Waals surface area contributed by atoms with E-state index in [1.807, 2.05) is 31.2 Å². The Balaban J connectivity index is 1.62. The molecule has 1 fully saturated rings. The Hall–Kier alpha value is -1.55. The first-order valence-electron chi connectivity index (χ1n) is 7.79. The third-order valence-corrected chi connectivity index (χ3v) is 4.05. The van der Waals surface area contributed by atoms with Gasteiger partial charge in [0.25, 0.3) is 0 Å². The van der Waals surface area contributed by atoms with Gasteiger partial charge in [0.2, 0.25) is 5.91 Å². The molecule has 0 aliphatic heterocycles. The van der Waals surface area contributed by atoms with Crippen molar-refractivity contribution in [2.75, 3.05) is 13.2 Å². The van der Waals surface area contributed by atoms with Gasteiger partial charge in [-0.15, -0.1) is 0 Å². The van der Waals surface area contributed by atoms with E-state index in [-0.39, 0.29) is 17.9 Å². The highest BCUT2D eigenvalue weighted by atomic mass is 16.5. The van der Waals surface area contributed by atoms with Gasteiger partial charge in [-0.05, 0) is 31.9 Å². The van der Waals surface area contributed by atoms with Gasteiger partial charge in [-0.3, -0.25) is 4.79 Å². The number of carbonyl (C=O) groups excluding carboxylic acids is 1. The molecule has 1 amide bonds. The highest BCUT2D eigenvalue weighted by Crippen LogP contribution is 2.23. The molecule has 0 spiro atoms. The molecule has 0 aromatic heterocycles. The molecular weight excluding hydrogens is 266 g/mol. The summed E-state index contributed by atoms with van der Waals surface area (Å²) in [6, 6.07) is 7.79. The van der Waals surface area contributed by atoms with Crippen molar-refractivity contribution in [2.45, 2.75) is 45.1 Å². The number of aliphatic hydroxyl groups excluding tert-OH is 1. The van der Waals surface area contributed by atoms with E-state index in [4.69, 9.17) is 4.74 Å². The fraction of sp³-hybridized carbons (Fsp3) is 0.588. The number of hydrogen-bond acceptors (Lipinski definition) is 3. The number of nitrogens with one attached hydrogen (secondary N) is 1. The summed E-state index contributed by atoms with van der Waals surface area (Å²) in [6.45, 7) is 2.98. The van der Waals surface area contributed by atoms with E-state index in [2.05, 4.69) is 5.32 Å². The zero-order valence-corrected chi connectivity index (χ0v) is 12.7. The number of ether oxygens (including phenoxy) is 1. The Morgan fingerprint density at radius 1 is 1.29 bits per heavy atom. The van der Waals surface area contributed by atoms with Crippen LogP contribution >= 0.6 is 0 Å². The third-order valence-electron chi connectivity index (χ3n) is 4.05. The second kappa shape index (κ2) is 8.03. The van der Waals surface area contributed by atoms with Gasteiger partial charge in [0.05, 0.1) is 19.1 Å². The summed E-state index contributed by atoms with van der Waals surface area (Å²) in [5.41, 5.74) is 1.19. The van der Waals surface area contributed by atoms with Crippen molar-refractivity contribution in [1.29, 1.82) is 0 Å². The number of rotatable bonds is 6. The molecule has 2 rings (SSSR count). The fourth-order valence-corrected chi connectivity index (χ4v) is 2.66. The average Bonchev–Trinajstić information content (AvgIpc) is 2.48. The van der Waals surface area contributed by atoms with Gasteiger partial charge in [0, 0.05) is 12.5 Å². The van der Waals surface area contributed by atoms with Gasteiger partial charge < -0.3 is 15.2 Å². The van der Waals surface area contributed by atoms with Gasteiger partial charge >= 0.3 is 0 Å². The van der Waals surface area contributed by atoms with E-state index in [0.29, 0.717) is 19.6 Å². The summed E-state index contributed by atoms with van der Waals surface area (Å²) in [5, 5.41) is 12.8. The summed E-state index contributed by atoms with van der Waals surface area (Å²) >= 11 is 0. The zero-order chi connectivity index (χ0) is 15.1. The molecule has 116 valence electrons. The molecule has 0 saturated heterocycles. The average molecular weight is 291 g/mol. The summed E-state index contributed by atoms with van der Waals surface area (Å²) in [5.74, 6) is 0.983. The van der Waals surface area contributed by atoms with Crippen LogP contribution in [0.15, 0.2) is 24.3 Å². The fourth-order valence-electron chi connectivity index (χ4n) is 2.66. The predicted octanol–water partition coefficient (Wildman–Crippen LogP) is 2.43. The molecule has 0 bridgehead atoms. The number of amides is 1. The van der Waals surface area contributed by atoms with Crippen LogP contribution in [0.2, 0.25) is 0 Å². The van der Waals surface area contributed by atoms with Gasteiger partial charge in [0.15, 0.2) is 0 Å². The Bertz CT molecular complexity index is 444. The molecule has 2 unspecified atom stereocenters. The van der Waals surface area contributed by atoms with Crippen LogP contribution < -0.4 is 10.1 Å². The maximum absolute atomic E-state index is 11.8. The number of carbonyl (C=O) groups is 1. The van der Waals surface area contributed by atoms with Crippen LogP contribution in [0.25, 0.3) is 0 Å². The second-order valence-electron chi connectivity index (χ2n) is 5.83. The highest BCUT2D eigenvalue weighted by molar-refractivity contribution is 5.75. The maximum Gasteiger partial charge on any atom is 0.223 e. The minimum absolute atomic E-state index is 0.0140. The van der Waals surface area contributed by atoms with Gasteiger partial charge in [-0.2, -0.15) is 0 Å². The van der Waals surface area contributed by atoms with E-state index < -0.39 is 0 Å². The minimum Gasteiger partial charge on any atom is -0.493 e. The van der Waals surface area contributed by atoms with Crippen LogP contribution in [-0.2, 0) is 4.79 Å². The molecule has 1 aromatic carbocycles. The van der Waals surface area contributed by atoms with E-state index in [1.165, 1.54) is 5.56 Å². The number of aryl methyl sites for hydroxylation is 1. The number of hydrogen-bond donors (Lipinski definition) is 2. The predicted molar refractivity (Wildman–Crippen MR) is 82.3 cm³/mol. The first kappa shape index (κ1) is 15.8. The molecule has 1 aliphatic carbocycles. The highest BCUT2D eigenvalue weighted by Gasteiger charge is 2.23. The van der Waals surface area contributed by atoms with Crippen LogP contribution in [0, 0.1) is 12.8 Å². The molecule has 21 heavy (non-hydrogen) atoms. The van der Waals surface area contributed by atoms with E-state index in [9.17, 15) is 9.90 Å². The Labute approximate surface area is 126 Å². The lowest BCUT2D eigenvalue weighted by Crippen LogP contribution is -2.37. The first-order valence-corrected chi connectivity index (χ1v) is 7.79. The molecule has 4 heteroatoms. The molecule has 0 radical (unpaired) electrons. The molecule has 1 aromatic rings. The molecule has 4 nitrogen and oxygen atoms in total. The summed E-state index contributed by atoms with van der Waals surface area (Å²) in [4.78, 5) is 11.8. The number of benzene rings is 1. The van der Waals surface area contributed by atoms with Crippen LogP contribution in [0.4, 0.5) is 0 Å².